The maximum atomic E-state index is 13.4. The lowest BCUT2D eigenvalue weighted by Gasteiger charge is -2.24. The third-order valence-electron chi connectivity index (χ3n) is 5.09. The molecule has 4 rings (SSSR count). The summed E-state index contributed by atoms with van der Waals surface area (Å²) in [6, 6.07) is 21.3. The number of carbonyl (C=O) groups excluding carboxylic acids is 2. The van der Waals surface area contributed by atoms with E-state index in [1.165, 1.54) is 11.1 Å². The number of Topliss-reactive ketones (excluding diaryl/α,β-unsaturated/α-hetero) is 2. The van der Waals surface area contributed by atoms with Gasteiger partial charge < -0.3 is 0 Å². The average Bonchev–Trinajstić information content (AvgIpc) is 3.22. The second kappa shape index (κ2) is 8.66. The third-order valence-corrected chi connectivity index (χ3v) is 5.09. The fourth-order valence-electron chi connectivity index (χ4n) is 3.55. The molecule has 0 unspecified atom stereocenters. The highest BCUT2D eigenvalue weighted by Gasteiger charge is 2.43. The predicted molar refractivity (Wildman–Crippen MR) is 113 cm³/mol. The topological polar surface area (TPSA) is 105 Å². The molecule has 3 aromatic rings. The highest BCUT2D eigenvalue weighted by atomic mass is 16.6. The fourth-order valence-corrected chi connectivity index (χ4v) is 3.55. The molecule has 3 aromatic carbocycles. The highest BCUT2D eigenvalue weighted by molar-refractivity contribution is 6.08. The van der Waals surface area contributed by atoms with Crippen LogP contribution < -0.4 is 0 Å². The molecule has 0 aliphatic carbocycles. The fraction of sp³-hybridized carbons (Fsp3) is 0.130. The molecule has 0 radical (unpaired) electrons. The zero-order valence-electron chi connectivity index (χ0n) is 16.4. The van der Waals surface area contributed by atoms with Crippen molar-refractivity contribution in [2.24, 2.45) is 10.3 Å². The molecule has 2 atom stereocenters. The summed E-state index contributed by atoms with van der Waals surface area (Å²) in [5, 5.41) is 21.0. The molecule has 0 amide bonds. The number of nitrogens with zero attached hydrogens (tertiary/aromatic N) is 4. The SMILES string of the molecule is O=C(c1ccccc1)[C@H]1N=NN(Cc2ccccc2[N+](=O)[O-])[C@@H]1C(=O)c1ccccc1. The van der Waals surface area contributed by atoms with Crippen LogP contribution in [0.25, 0.3) is 0 Å². The molecule has 0 N–H and O–H groups in total. The van der Waals surface area contributed by atoms with Gasteiger partial charge in [-0.05, 0) is 0 Å². The molecule has 1 aliphatic rings. The summed E-state index contributed by atoms with van der Waals surface area (Å²) in [5.41, 5.74) is 1.13. The van der Waals surface area contributed by atoms with Crippen LogP contribution in [0, 0.1) is 10.1 Å². The molecule has 0 saturated heterocycles. The Hall–Kier alpha value is -4.20. The maximum absolute atomic E-state index is 13.4. The Morgan fingerprint density at radius 2 is 1.39 bits per heavy atom. The number of nitro benzene ring substituents is 1. The second-order valence-corrected chi connectivity index (χ2v) is 7.04. The standard InChI is InChI=1S/C23H18N4O4/c28-22(16-9-3-1-4-10-16)20-21(23(29)17-11-5-2-6-12-17)26(25-24-20)15-18-13-7-8-14-19(18)27(30)31/h1-14,20-21H,15H2/t20-,21-/m0/s1. The van der Waals surface area contributed by atoms with Gasteiger partial charge in [-0.25, -0.2) is 0 Å². The van der Waals surface area contributed by atoms with Gasteiger partial charge in [-0.15, -0.1) is 0 Å². The molecule has 0 bridgehead atoms. The Kier molecular flexibility index (Phi) is 5.61. The van der Waals surface area contributed by atoms with E-state index in [0.29, 0.717) is 16.7 Å². The highest BCUT2D eigenvalue weighted by Crippen LogP contribution is 2.29. The molecule has 0 fully saturated rings. The molecule has 0 spiro atoms. The van der Waals surface area contributed by atoms with Gasteiger partial charge in [0.1, 0.15) is 6.04 Å². The van der Waals surface area contributed by atoms with Crippen molar-refractivity contribution in [1.29, 1.82) is 0 Å². The summed E-state index contributed by atoms with van der Waals surface area (Å²) in [7, 11) is 0. The molecular formula is C23H18N4O4. The van der Waals surface area contributed by atoms with Crippen molar-refractivity contribution in [2.75, 3.05) is 0 Å². The van der Waals surface area contributed by atoms with Gasteiger partial charge in [0.25, 0.3) is 5.69 Å². The van der Waals surface area contributed by atoms with Crippen molar-refractivity contribution in [1.82, 2.24) is 5.01 Å². The number of ketones is 2. The van der Waals surface area contributed by atoms with Crippen LogP contribution in [0.5, 0.6) is 0 Å². The van der Waals surface area contributed by atoms with Crippen molar-refractivity contribution in [3.8, 4) is 0 Å². The largest absolute Gasteiger partial charge is 0.292 e. The van der Waals surface area contributed by atoms with E-state index in [1.807, 2.05) is 0 Å². The van der Waals surface area contributed by atoms with Crippen molar-refractivity contribution >= 4 is 17.3 Å². The van der Waals surface area contributed by atoms with Gasteiger partial charge in [0, 0.05) is 17.2 Å². The lowest BCUT2D eigenvalue weighted by atomic mass is 9.92. The van der Waals surface area contributed by atoms with E-state index in [9.17, 15) is 19.7 Å². The number of hydrogen-bond donors (Lipinski definition) is 0. The van der Waals surface area contributed by atoms with Crippen LogP contribution >= 0.6 is 0 Å². The molecule has 31 heavy (non-hydrogen) atoms. The molecule has 8 nitrogen and oxygen atoms in total. The van der Waals surface area contributed by atoms with Crippen LogP contribution in [0.2, 0.25) is 0 Å². The lowest BCUT2D eigenvalue weighted by Crippen LogP contribution is -2.45. The zero-order chi connectivity index (χ0) is 21.8. The van der Waals surface area contributed by atoms with Gasteiger partial charge in [0.15, 0.2) is 17.6 Å². The predicted octanol–water partition coefficient (Wildman–Crippen LogP) is 4.28. The van der Waals surface area contributed by atoms with E-state index in [-0.39, 0.29) is 23.8 Å². The van der Waals surface area contributed by atoms with Crippen LogP contribution in [0.15, 0.2) is 95.3 Å². The first-order valence-electron chi connectivity index (χ1n) is 9.64. The average molecular weight is 414 g/mol. The van der Waals surface area contributed by atoms with Crippen molar-refractivity contribution in [3.63, 3.8) is 0 Å². The van der Waals surface area contributed by atoms with Crippen LogP contribution in [-0.4, -0.2) is 33.6 Å². The maximum Gasteiger partial charge on any atom is 0.274 e. The number of carbonyl (C=O) groups is 2. The Balaban J connectivity index is 1.70. The first-order chi connectivity index (χ1) is 15.1. The van der Waals surface area contributed by atoms with E-state index < -0.39 is 17.0 Å². The third kappa shape index (κ3) is 4.09. The van der Waals surface area contributed by atoms with Crippen molar-refractivity contribution < 1.29 is 14.5 Å². The quantitative estimate of drug-likeness (QED) is 0.326. The molecule has 0 aromatic heterocycles. The second-order valence-electron chi connectivity index (χ2n) is 7.04. The molecule has 0 saturated carbocycles. The number of para-hydroxylation sites is 1. The van der Waals surface area contributed by atoms with E-state index in [0.717, 1.165) is 0 Å². The number of benzene rings is 3. The molecular weight excluding hydrogens is 396 g/mol. The molecule has 154 valence electrons. The lowest BCUT2D eigenvalue weighted by molar-refractivity contribution is -0.385. The summed E-state index contributed by atoms with van der Waals surface area (Å²) in [6.45, 7) is -0.0253. The Bertz CT molecular complexity index is 1150. The van der Waals surface area contributed by atoms with Gasteiger partial charge in [0.05, 0.1) is 17.0 Å². The molecule has 1 aliphatic heterocycles. The van der Waals surface area contributed by atoms with Gasteiger partial charge in [0.2, 0.25) is 0 Å². The number of nitro groups is 1. The van der Waals surface area contributed by atoms with E-state index >= 15 is 0 Å². The smallest absolute Gasteiger partial charge is 0.274 e. The normalized spacial score (nSPS) is 17.5. The van der Waals surface area contributed by atoms with Gasteiger partial charge in [-0.1, -0.05) is 84.1 Å². The van der Waals surface area contributed by atoms with Gasteiger partial charge in [-0.3, -0.25) is 24.7 Å². The Morgan fingerprint density at radius 3 is 2.00 bits per heavy atom. The minimum absolute atomic E-state index is 0.0253. The van der Waals surface area contributed by atoms with E-state index in [2.05, 4.69) is 10.3 Å². The van der Waals surface area contributed by atoms with E-state index in [1.54, 1.807) is 78.9 Å². The Morgan fingerprint density at radius 1 is 0.839 bits per heavy atom. The summed E-state index contributed by atoms with van der Waals surface area (Å²) < 4.78 is 0. The zero-order valence-corrected chi connectivity index (χ0v) is 16.4. The van der Waals surface area contributed by atoms with E-state index in [4.69, 9.17) is 0 Å². The minimum Gasteiger partial charge on any atom is -0.292 e. The van der Waals surface area contributed by atoms with Crippen LogP contribution in [0.3, 0.4) is 0 Å². The summed E-state index contributed by atoms with van der Waals surface area (Å²) in [4.78, 5) is 37.4. The summed E-state index contributed by atoms with van der Waals surface area (Å²) in [5.74, 6) is -0.651. The number of rotatable bonds is 7. The van der Waals surface area contributed by atoms with Crippen molar-refractivity contribution in [3.05, 3.63) is 112 Å². The number of hydrogen-bond acceptors (Lipinski definition) is 7. The molecule has 1 heterocycles. The van der Waals surface area contributed by atoms with Crippen LogP contribution in [0.1, 0.15) is 26.3 Å². The van der Waals surface area contributed by atoms with Crippen LogP contribution in [-0.2, 0) is 6.54 Å². The first kappa shape index (κ1) is 20.1. The summed E-state index contributed by atoms with van der Waals surface area (Å²) in [6.07, 6.45) is 0. The summed E-state index contributed by atoms with van der Waals surface area (Å²) >= 11 is 0. The monoisotopic (exact) mass is 414 g/mol. The van der Waals surface area contributed by atoms with Crippen LogP contribution in [0.4, 0.5) is 5.69 Å². The first-order valence-corrected chi connectivity index (χ1v) is 9.64. The minimum atomic E-state index is -1.04. The van der Waals surface area contributed by atoms with Crippen molar-refractivity contribution in [2.45, 2.75) is 18.6 Å². The van der Waals surface area contributed by atoms with Gasteiger partial charge >= 0.3 is 0 Å². The Labute approximate surface area is 178 Å². The van der Waals surface area contributed by atoms with Gasteiger partial charge in [-0.2, -0.15) is 5.11 Å². The molecule has 8 heteroatoms.